The maximum atomic E-state index is 12.7. The molecule has 0 amide bonds. The minimum atomic E-state index is -0.674. The van der Waals surface area contributed by atoms with Gasteiger partial charge in [-0.15, -0.1) is 10.2 Å². The van der Waals surface area contributed by atoms with E-state index in [-0.39, 0.29) is 24.1 Å². The van der Waals surface area contributed by atoms with Crippen LogP contribution < -0.4 is 26.2 Å². The summed E-state index contributed by atoms with van der Waals surface area (Å²) in [7, 11) is 1.51. The molecule has 0 radical (unpaired) electrons. The number of aromatic nitrogens is 5. The molecule has 4 aromatic rings. The zero-order valence-electron chi connectivity index (χ0n) is 18.7. The highest BCUT2D eigenvalue weighted by Crippen LogP contribution is 2.31. The summed E-state index contributed by atoms with van der Waals surface area (Å²) in [6.45, 7) is -0.762. The second-order valence-corrected chi connectivity index (χ2v) is 7.36. The summed E-state index contributed by atoms with van der Waals surface area (Å²) in [5.41, 5.74) is 6.92. The Labute approximate surface area is 199 Å². The van der Waals surface area contributed by atoms with Gasteiger partial charge in [-0.25, -0.2) is 9.18 Å². The van der Waals surface area contributed by atoms with Crippen LogP contribution >= 0.6 is 0 Å². The van der Waals surface area contributed by atoms with E-state index in [0.717, 1.165) is 4.68 Å². The molecule has 1 atom stereocenters. The number of hydrogen-bond acceptors (Lipinski definition) is 8. The maximum Gasteiger partial charge on any atom is 0.349 e. The molecule has 0 saturated heterocycles. The van der Waals surface area contributed by atoms with Crippen LogP contribution in [0, 0.1) is 5.41 Å². The minimum Gasteiger partial charge on any atom is -0.497 e. The molecule has 11 nitrogen and oxygen atoms in total. The first kappa shape index (κ1) is 23.4. The van der Waals surface area contributed by atoms with Crippen LogP contribution in [0.25, 0.3) is 5.82 Å². The molecule has 2 heterocycles. The SMILES string of the molecule is COc1cc(OCCF)cc([C@H](Nc2ccc(C(=N)N)cc2)c2nn(-c3cccnn3)c(=O)[nH]2)c1. The van der Waals surface area contributed by atoms with Gasteiger partial charge in [-0.1, -0.05) is 0 Å². The molecule has 2 aromatic heterocycles. The third-order valence-corrected chi connectivity index (χ3v) is 5.01. The Balaban J connectivity index is 1.79. The number of ether oxygens (including phenoxy) is 2. The van der Waals surface area contributed by atoms with Crippen molar-refractivity contribution in [3.05, 3.63) is 88.2 Å². The fourth-order valence-electron chi connectivity index (χ4n) is 3.37. The van der Waals surface area contributed by atoms with Gasteiger partial charge >= 0.3 is 5.69 Å². The number of H-pyrrole nitrogens is 1. The van der Waals surface area contributed by atoms with Crippen LogP contribution in [0.5, 0.6) is 11.5 Å². The van der Waals surface area contributed by atoms with Crippen LogP contribution in [0.1, 0.15) is 23.0 Å². The predicted octanol–water partition coefficient (Wildman–Crippen LogP) is 2.19. The molecule has 0 aliphatic carbocycles. The Morgan fingerprint density at radius 2 is 2.00 bits per heavy atom. The molecule has 4 rings (SSSR count). The van der Waals surface area contributed by atoms with Gasteiger partial charge in [0, 0.05) is 23.5 Å². The normalized spacial score (nSPS) is 11.6. The topological polar surface area (TPSA) is 157 Å². The van der Waals surface area contributed by atoms with E-state index in [1.54, 1.807) is 54.6 Å². The number of methoxy groups -OCH3 is 1. The second kappa shape index (κ2) is 10.5. The monoisotopic (exact) mass is 478 g/mol. The number of anilines is 1. The van der Waals surface area contributed by atoms with Crippen LogP contribution in [0.15, 0.2) is 65.6 Å². The number of nitrogen functional groups attached to an aromatic ring is 1. The fraction of sp³-hybridized carbons (Fsp3) is 0.174. The summed E-state index contributed by atoms with van der Waals surface area (Å²) < 4.78 is 24.7. The molecule has 0 bridgehead atoms. The molecule has 5 N–H and O–H groups in total. The highest BCUT2D eigenvalue weighted by molar-refractivity contribution is 5.95. The predicted molar refractivity (Wildman–Crippen MR) is 127 cm³/mol. The first-order valence-electron chi connectivity index (χ1n) is 10.5. The Kier molecular flexibility index (Phi) is 7.00. The van der Waals surface area contributed by atoms with Crippen molar-refractivity contribution in [3.8, 4) is 17.3 Å². The number of nitrogens with one attached hydrogen (secondary N) is 3. The van der Waals surface area contributed by atoms with Crippen molar-refractivity contribution in [2.24, 2.45) is 5.73 Å². The third kappa shape index (κ3) is 5.43. The zero-order chi connectivity index (χ0) is 24.8. The molecule has 2 aromatic carbocycles. The summed E-state index contributed by atoms with van der Waals surface area (Å²) in [5, 5.41) is 23.1. The van der Waals surface area contributed by atoms with Gasteiger partial charge in [0.05, 0.1) is 7.11 Å². The lowest BCUT2D eigenvalue weighted by Crippen LogP contribution is -2.17. The first-order valence-corrected chi connectivity index (χ1v) is 10.5. The molecule has 35 heavy (non-hydrogen) atoms. The zero-order valence-corrected chi connectivity index (χ0v) is 18.7. The molecule has 0 fully saturated rings. The lowest BCUT2D eigenvalue weighted by atomic mass is 10.0. The molecule has 12 heteroatoms. The van der Waals surface area contributed by atoms with Crippen molar-refractivity contribution >= 4 is 11.5 Å². The largest absolute Gasteiger partial charge is 0.497 e. The Morgan fingerprint density at radius 3 is 2.66 bits per heavy atom. The second-order valence-electron chi connectivity index (χ2n) is 7.36. The smallest absolute Gasteiger partial charge is 0.349 e. The number of rotatable bonds is 10. The van der Waals surface area contributed by atoms with Crippen LogP contribution in [-0.2, 0) is 0 Å². The molecule has 0 saturated carbocycles. The van der Waals surface area contributed by atoms with Crippen LogP contribution in [0.4, 0.5) is 10.1 Å². The number of hydrogen-bond donors (Lipinski definition) is 4. The summed E-state index contributed by atoms with van der Waals surface area (Å²) in [6, 6.07) is 14.6. The van der Waals surface area contributed by atoms with E-state index in [0.29, 0.717) is 28.3 Å². The van der Waals surface area contributed by atoms with Crippen LogP contribution in [0.2, 0.25) is 0 Å². The quantitative estimate of drug-likeness (QED) is 0.200. The average Bonchev–Trinajstić information content (AvgIpc) is 3.27. The van der Waals surface area contributed by atoms with Crippen molar-refractivity contribution in [1.82, 2.24) is 25.0 Å². The number of aromatic amines is 1. The molecule has 0 unspecified atom stereocenters. The summed E-state index contributed by atoms with van der Waals surface area (Å²) >= 11 is 0. The maximum absolute atomic E-state index is 12.7. The molecule has 0 aliphatic heterocycles. The summed E-state index contributed by atoms with van der Waals surface area (Å²) in [4.78, 5) is 15.5. The number of halogens is 1. The Bertz CT molecular complexity index is 1360. The van der Waals surface area contributed by atoms with Crippen molar-refractivity contribution in [3.63, 3.8) is 0 Å². The van der Waals surface area contributed by atoms with Crippen molar-refractivity contribution < 1.29 is 13.9 Å². The van der Waals surface area contributed by atoms with E-state index < -0.39 is 18.4 Å². The molecule has 0 spiro atoms. The Morgan fingerprint density at radius 1 is 1.23 bits per heavy atom. The number of nitrogens with two attached hydrogens (primary N) is 1. The van der Waals surface area contributed by atoms with Crippen LogP contribution in [0.3, 0.4) is 0 Å². The highest BCUT2D eigenvalue weighted by Gasteiger charge is 2.22. The lowest BCUT2D eigenvalue weighted by Gasteiger charge is -2.20. The molecule has 180 valence electrons. The van der Waals surface area contributed by atoms with Gasteiger partial charge in [0.1, 0.15) is 36.7 Å². The number of nitrogens with zero attached hydrogens (tertiary/aromatic N) is 4. The third-order valence-electron chi connectivity index (χ3n) is 5.01. The summed E-state index contributed by atoms with van der Waals surface area (Å²) in [5.74, 6) is 1.35. The Hall–Kier alpha value is -4.74. The van der Waals surface area contributed by atoms with Gasteiger partial charge in [-0.05, 0) is 54.1 Å². The first-order chi connectivity index (χ1) is 17.0. The van der Waals surface area contributed by atoms with Gasteiger partial charge in [0.25, 0.3) is 0 Å². The molecular weight excluding hydrogens is 455 g/mol. The van der Waals surface area contributed by atoms with Gasteiger partial charge < -0.3 is 20.5 Å². The number of alkyl halides is 1. The van der Waals surface area contributed by atoms with E-state index >= 15 is 0 Å². The van der Waals surface area contributed by atoms with Crippen molar-refractivity contribution in [1.29, 1.82) is 5.41 Å². The molecule has 0 aliphatic rings. The van der Waals surface area contributed by atoms with E-state index in [2.05, 4.69) is 25.6 Å². The average molecular weight is 478 g/mol. The fourth-order valence-corrected chi connectivity index (χ4v) is 3.37. The van der Waals surface area contributed by atoms with E-state index in [1.165, 1.54) is 13.3 Å². The van der Waals surface area contributed by atoms with E-state index in [1.807, 2.05) is 0 Å². The van der Waals surface area contributed by atoms with Gasteiger partial charge in [-0.3, -0.25) is 10.4 Å². The van der Waals surface area contributed by atoms with Gasteiger partial charge in [0.2, 0.25) is 0 Å². The van der Waals surface area contributed by atoms with Crippen molar-refractivity contribution in [2.75, 3.05) is 25.7 Å². The van der Waals surface area contributed by atoms with Crippen molar-refractivity contribution in [2.45, 2.75) is 6.04 Å². The van der Waals surface area contributed by atoms with Crippen LogP contribution in [-0.4, -0.2) is 51.2 Å². The summed E-state index contributed by atoms with van der Waals surface area (Å²) in [6.07, 6.45) is 1.49. The van der Waals surface area contributed by atoms with E-state index in [9.17, 15) is 9.18 Å². The molecular formula is C23H23FN8O3. The number of benzene rings is 2. The lowest BCUT2D eigenvalue weighted by molar-refractivity contribution is 0.271. The minimum absolute atomic E-state index is 0.0532. The van der Waals surface area contributed by atoms with Gasteiger partial charge in [0.15, 0.2) is 11.6 Å². The van der Waals surface area contributed by atoms with Gasteiger partial charge in [-0.2, -0.15) is 9.78 Å². The van der Waals surface area contributed by atoms with E-state index in [4.69, 9.17) is 20.6 Å². The number of amidine groups is 1. The highest BCUT2D eigenvalue weighted by atomic mass is 19.1. The standard InChI is InChI=1S/C23H23FN8O3/c1-34-17-11-15(12-18(13-17)35-10-8-24)20(28-16-6-4-14(5-7-16)21(25)26)22-29-23(33)32(31-22)19-3-2-9-27-30-19/h2-7,9,11-13,20,28H,8,10H2,1H3,(H3,25,26)(H,29,31,33)/t20-/m0/s1.